The summed E-state index contributed by atoms with van der Waals surface area (Å²) in [4.78, 5) is 1.87. The van der Waals surface area contributed by atoms with Crippen molar-refractivity contribution in [2.24, 2.45) is 0 Å². The second-order valence-electron chi connectivity index (χ2n) is 3.75. The van der Waals surface area contributed by atoms with Gasteiger partial charge in [0.25, 0.3) is 0 Å². The maximum Gasteiger partial charge on any atom is 0.146 e. The minimum atomic E-state index is -0.238. The number of nitrogens with zero attached hydrogens (tertiary/aromatic N) is 1. The highest BCUT2D eigenvalue weighted by Gasteiger charge is 2.13. The quantitative estimate of drug-likeness (QED) is 0.817. The fraction of sp³-hybridized carbons (Fsp3) is 0.143. The number of benzene rings is 2. The molecule has 0 unspecified atom stereocenters. The molecule has 3 heteroatoms. The number of anilines is 3. The van der Waals surface area contributed by atoms with E-state index in [9.17, 15) is 4.39 Å². The Morgan fingerprint density at radius 3 is 2.18 bits per heavy atom. The molecule has 2 aromatic carbocycles. The van der Waals surface area contributed by atoms with Gasteiger partial charge in [-0.2, -0.15) is 0 Å². The van der Waals surface area contributed by atoms with Crippen molar-refractivity contribution in [2.75, 3.05) is 17.2 Å². The average molecular weight is 230 g/mol. The normalized spacial score (nSPS) is 10.2. The summed E-state index contributed by atoms with van der Waals surface area (Å²) in [6.07, 6.45) is 0. The fourth-order valence-corrected chi connectivity index (χ4v) is 1.87. The third-order valence-corrected chi connectivity index (χ3v) is 2.69. The molecule has 0 saturated carbocycles. The smallest absolute Gasteiger partial charge is 0.146 e. The van der Waals surface area contributed by atoms with Crippen LogP contribution in [0.25, 0.3) is 0 Å². The molecule has 0 aliphatic heterocycles. The van der Waals surface area contributed by atoms with Gasteiger partial charge in [0.15, 0.2) is 0 Å². The summed E-state index contributed by atoms with van der Waals surface area (Å²) in [6, 6.07) is 14.2. The molecule has 0 fully saturated rings. The Hall–Kier alpha value is -2.03. The van der Waals surface area contributed by atoms with Crippen LogP contribution < -0.4 is 10.6 Å². The first-order valence-electron chi connectivity index (χ1n) is 5.60. The summed E-state index contributed by atoms with van der Waals surface area (Å²) in [5.74, 6) is -0.238. The van der Waals surface area contributed by atoms with Crippen molar-refractivity contribution in [3.05, 3.63) is 54.3 Å². The highest BCUT2D eigenvalue weighted by Crippen LogP contribution is 2.31. The SMILES string of the molecule is CCN(c1ccccc1N)c1ccccc1F. The van der Waals surface area contributed by atoms with E-state index in [1.54, 1.807) is 12.1 Å². The number of rotatable bonds is 3. The van der Waals surface area contributed by atoms with Crippen molar-refractivity contribution in [1.29, 1.82) is 0 Å². The third-order valence-electron chi connectivity index (χ3n) is 2.69. The summed E-state index contributed by atoms with van der Waals surface area (Å²) in [5, 5.41) is 0. The molecular weight excluding hydrogens is 215 g/mol. The van der Waals surface area contributed by atoms with Gasteiger partial charge < -0.3 is 10.6 Å². The van der Waals surface area contributed by atoms with E-state index >= 15 is 0 Å². The van der Waals surface area contributed by atoms with Crippen LogP contribution in [0, 0.1) is 5.82 Å². The van der Waals surface area contributed by atoms with Crippen LogP contribution >= 0.6 is 0 Å². The first kappa shape index (κ1) is 11.5. The van der Waals surface area contributed by atoms with Crippen molar-refractivity contribution >= 4 is 17.1 Å². The van der Waals surface area contributed by atoms with Gasteiger partial charge in [-0.15, -0.1) is 0 Å². The molecule has 0 aliphatic rings. The van der Waals surface area contributed by atoms with Gasteiger partial charge >= 0.3 is 0 Å². The van der Waals surface area contributed by atoms with Crippen LogP contribution in [0.15, 0.2) is 48.5 Å². The van der Waals surface area contributed by atoms with Crippen LogP contribution in [-0.2, 0) is 0 Å². The molecule has 88 valence electrons. The monoisotopic (exact) mass is 230 g/mol. The molecule has 0 bridgehead atoms. The number of hydrogen-bond donors (Lipinski definition) is 1. The number of halogens is 1. The van der Waals surface area contributed by atoms with E-state index in [4.69, 9.17) is 5.73 Å². The van der Waals surface area contributed by atoms with Crippen molar-refractivity contribution in [1.82, 2.24) is 0 Å². The van der Waals surface area contributed by atoms with Crippen LogP contribution in [0.1, 0.15) is 6.92 Å². The van der Waals surface area contributed by atoms with E-state index < -0.39 is 0 Å². The Bertz CT molecular complexity index is 466. The van der Waals surface area contributed by atoms with Crippen molar-refractivity contribution < 1.29 is 4.39 Å². The minimum Gasteiger partial charge on any atom is -0.397 e. The maximum atomic E-state index is 13.8. The Kier molecular flexibility index (Phi) is 3.28. The molecule has 0 heterocycles. The largest absolute Gasteiger partial charge is 0.397 e. The third kappa shape index (κ3) is 2.23. The highest BCUT2D eigenvalue weighted by atomic mass is 19.1. The molecule has 2 aromatic rings. The zero-order chi connectivity index (χ0) is 12.3. The lowest BCUT2D eigenvalue weighted by atomic mass is 10.2. The Morgan fingerprint density at radius 2 is 1.59 bits per heavy atom. The molecule has 2 N–H and O–H groups in total. The molecular formula is C14H15FN2. The summed E-state index contributed by atoms with van der Waals surface area (Å²) < 4.78 is 13.8. The first-order valence-corrected chi connectivity index (χ1v) is 5.60. The first-order chi connectivity index (χ1) is 8.24. The van der Waals surface area contributed by atoms with Crippen LogP contribution in [0.5, 0.6) is 0 Å². The topological polar surface area (TPSA) is 29.3 Å². The van der Waals surface area contributed by atoms with Gasteiger partial charge in [0.2, 0.25) is 0 Å². The van der Waals surface area contributed by atoms with Gasteiger partial charge in [-0.05, 0) is 31.2 Å². The lowest BCUT2D eigenvalue weighted by molar-refractivity contribution is 0.626. The van der Waals surface area contributed by atoms with E-state index in [2.05, 4.69) is 0 Å². The van der Waals surface area contributed by atoms with Crippen LogP contribution in [-0.4, -0.2) is 6.54 Å². The molecule has 0 atom stereocenters. The lowest BCUT2D eigenvalue weighted by Gasteiger charge is -2.25. The molecule has 0 aromatic heterocycles. The van der Waals surface area contributed by atoms with Gasteiger partial charge in [0.1, 0.15) is 5.82 Å². The Balaban J connectivity index is 2.48. The average Bonchev–Trinajstić information content (AvgIpc) is 2.34. The van der Waals surface area contributed by atoms with Gasteiger partial charge in [-0.25, -0.2) is 4.39 Å². The van der Waals surface area contributed by atoms with E-state index in [-0.39, 0.29) is 5.82 Å². The summed E-state index contributed by atoms with van der Waals surface area (Å²) >= 11 is 0. The zero-order valence-corrected chi connectivity index (χ0v) is 9.73. The molecule has 2 nitrogen and oxygen atoms in total. The number of para-hydroxylation sites is 3. The molecule has 0 saturated heterocycles. The van der Waals surface area contributed by atoms with E-state index in [0.717, 1.165) is 5.69 Å². The number of nitrogen functional groups attached to an aromatic ring is 1. The molecule has 2 rings (SSSR count). The van der Waals surface area contributed by atoms with E-state index in [1.807, 2.05) is 42.2 Å². The minimum absolute atomic E-state index is 0.238. The van der Waals surface area contributed by atoms with Gasteiger partial charge in [-0.3, -0.25) is 0 Å². The second kappa shape index (κ2) is 4.87. The van der Waals surface area contributed by atoms with Crippen molar-refractivity contribution in [3.8, 4) is 0 Å². The predicted molar refractivity (Wildman–Crippen MR) is 69.9 cm³/mol. The maximum absolute atomic E-state index is 13.8. The zero-order valence-electron chi connectivity index (χ0n) is 9.73. The Labute approximate surface area is 100 Å². The molecule has 17 heavy (non-hydrogen) atoms. The van der Waals surface area contributed by atoms with Crippen LogP contribution in [0.4, 0.5) is 21.5 Å². The van der Waals surface area contributed by atoms with Crippen molar-refractivity contribution in [3.63, 3.8) is 0 Å². The van der Waals surface area contributed by atoms with E-state index in [0.29, 0.717) is 17.9 Å². The summed E-state index contributed by atoms with van der Waals surface area (Å²) in [5.41, 5.74) is 7.95. The lowest BCUT2D eigenvalue weighted by Crippen LogP contribution is -2.18. The standard InChI is InChI=1S/C14H15FN2/c1-2-17(13-9-5-3-7-11(13)15)14-10-6-4-8-12(14)16/h3-10H,2,16H2,1H3. The molecule has 0 radical (unpaired) electrons. The summed E-state index contributed by atoms with van der Waals surface area (Å²) in [7, 11) is 0. The van der Waals surface area contributed by atoms with Crippen LogP contribution in [0.3, 0.4) is 0 Å². The van der Waals surface area contributed by atoms with Crippen LogP contribution in [0.2, 0.25) is 0 Å². The summed E-state index contributed by atoms with van der Waals surface area (Å²) in [6.45, 7) is 2.63. The fourth-order valence-electron chi connectivity index (χ4n) is 1.87. The second-order valence-corrected chi connectivity index (χ2v) is 3.75. The molecule has 0 amide bonds. The molecule has 0 spiro atoms. The Morgan fingerprint density at radius 1 is 1.00 bits per heavy atom. The highest BCUT2D eigenvalue weighted by molar-refractivity contribution is 5.74. The predicted octanol–water partition coefficient (Wildman–Crippen LogP) is 3.57. The van der Waals surface area contributed by atoms with Gasteiger partial charge in [-0.1, -0.05) is 24.3 Å². The van der Waals surface area contributed by atoms with Gasteiger partial charge in [0.05, 0.1) is 17.1 Å². The van der Waals surface area contributed by atoms with Crippen molar-refractivity contribution in [2.45, 2.75) is 6.92 Å². The van der Waals surface area contributed by atoms with E-state index in [1.165, 1.54) is 6.07 Å². The number of nitrogens with two attached hydrogens (primary N) is 1. The number of hydrogen-bond acceptors (Lipinski definition) is 2. The van der Waals surface area contributed by atoms with Gasteiger partial charge in [0, 0.05) is 6.54 Å². The molecule has 0 aliphatic carbocycles.